The van der Waals surface area contributed by atoms with Gasteiger partial charge in [-0.25, -0.2) is 14.4 Å². The molecule has 4 aromatic rings. The first-order valence-corrected chi connectivity index (χ1v) is 8.96. The van der Waals surface area contributed by atoms with E-state index in [0.29, 0.717) is 6.54 Å². The third-order valence-electron chi connectivity index (χ3n) is 4.39. The zero-order valence-electron chi connectivity index (χ0n) is 14.4. The third kappa shape index (κ3) is 2.99. The molecule has 0 spiro atoms. The Morgan fingerprint density at radius 3 is 2.81 bits per heavy atom. The van der Waals surface area contributed by atoms with Crippen molar-refractivity contribution in [3.63, 3.8) is 0 Å². The second-order valence-corrected chi connectivity index (χ2v) is 6.58. The number of aryl methyl sites for hydroxylation is 1. The van der Waals surface area contributed by atoms with E-state index in [1.165, 1.54) is 6.07 Å². The molecular weight excluding hydrogens is 351 g/mol. The van der Waals surface area contributed by atoms with Crippen LogP contribution >= 0.6 is 11.6 Å². The molecular formula is C20H18ClFN4. The normalized spacial score (nSPS) is 11.3. The molecule has 0 saturated carbocycles. The lowest BCUT2D eigenvalue weighted by molar-refractivity contribution is 0.625. The average molecular weight is 369 g/mol. The topological polar surface area (TPSA) is 35.6 Å². The van der Waals surface area contributed by atoms with E-state index >= 15 is 0 Å². The Bertz CT molecular complexity index is 1070. The van der Waals surface area contributed by atoms with Crippen LogP contribution in [0.5, 0.6) is 0 Å². The Hall–Kier alpha value is -2.66. The van der Waals surface area contributed by atoms with Gasteiger partial charge in [0.1, 0.15) is 17.5 Å². The van der Waals surface area contributed by atoms with Gasteiger partial charge in [0.25, 0.3) is 0 Å². The van der Waals surface area contributed by atoms with Crippen molar-refractivity contribution in [3.05, 3.63) is 71.5 Å². The number of hydrogen-bond acceptors (Lipinski definition) is 2. The summed E-state index contributed by atoms with van der Waals surface area (Å²) in [5.74, 6) is 1.28. The van der Waals surface area contributed by atoms with Crippen LogP contribution in [0.3, 0.4) is 0 Å². The maximum Gasteiger partial charge on any atom is 0.141 e. The Balaban J connectivity index is 1.75. The standard InChI is InChI=1S/C20H18ClFN4/c1-2-10-26-18-6-4-3-5-17(18)24-19(26)13-25-11-9-23-20(25)14-7-8-16(22)15(21)12-14/h3-9,11-12H,2,10,13H2,1H3. The quantitative estimate of drug-likeness (QED) is 0.488. The molecule has 26 heavy (non-hydrogen) atoms. The van der Waals surface area contributed by atoms with Crippen LogP contribution < -0.4 is 0 Å². The molecule has 0 bridgehead atoms. The molecule has 2 heterocycles. The van der Waals surface area contributed by atoms with E-state index in [9.17, 15) is 4.39 Å². The first-order valence-electron chi connectivity index (χ1n) is 8.58. The molecule has 0 unspecified atom stereocenters. The van der Waals surface area contributed by atoms with Crippen molar-refractivity contribution in [3.8, 4) is 11.4 Å². The summed E-state index contributed by atoms with van der Waals surface area (Å²) in [4.78, 5) is 9.23. The smallest absolute Gasteiger partial charge is 0.141 e. The van der Waals surface area contributed by atoms with Crippen molar-refractivity contribution in [1.29, 1.82) is 0 Å². The van der Waals surface area contributed by atoms with E-state index < -0.39 is 5.82 Å². The largest absolute Gasteiger partial charge is 0.326 e. The number of halogens is 2. The predicted molar refractivity (Wildman–Crippen MR) is 102 cm³/mol. The fraction of sp³-hybridized carbons (Fsp3) is 0.200. The number of hydrogen-bond donors (Lipinski definition) is 0. The lowest BCUT2D eigenvalue weighted by Crippen LogP contribution is -2.09. The summed E-state index contributed by atoms with van der Waals surface area (Å²) in [7, 11) is 0. The zero-order chi connectivity index (χ0) is 18.1. The minimum atomic E-state index is -0.432. The van der Waals surface area contributed by atoms with Crippen LogP contribution in [0.25, 0.3) is 22.4 Å². The van der Waals surface area contributed by atoms with Gasteiger partial charge in [-0.1, -0.05) is 30.7 Å². The van der Waals surface area contributed by atoms with Crippen LogP contribution in [0, 0.1) is 5.82 Å². The van der Waals surface area contributed by atoms with Gasteiger partial charge in [0.05, 0.1) is 22.6 Å². The van der Waals surface area contributed by atoms with Crippen molar-refractivity contribution in [2.75, 3.05) is 0 Å². The maximum atomic E-state index is 13.5. The van der Waals surface area contributed by atoms with Crippen molar-refractivity contribution in [2.24, 2.45) is 0 Å². The molecule has 0 amide bonds. The number of aromatic nitrogens is 4. The van der Waals surface area contributed by atoms with Gasteiger partial charge in [-0.15, -0.1) is 0 Å². The zero-order valence-corrected chi connectivity index (χ0v) is 15.1. The summed E-state index contributed by atoms with van der Waals surface area (Å²) in [5, 5.41) is 0.0928. The van der Waals surface area contributed by atoms with Crippen molar-refractivity contribution < 1.29 is 4.39 Å². The highest BCUT2D eigenvalue weighted by atomic mass is 35.5. The van der Waals surface area contributed by atoms with E-state index in [2.05, 4.69) is 22.5 Å². The van der Waals surface area contributed by atoms with Crippen molar-refractivity contribution in [1.82, 2.24) is 19.1 Å². The summed E-state index contributed by atoms with van der Waals surface area (Å²) >= 11 is 5.93. The molecule has 0 N–H and O–H groups in total. The Morgan fingerprint density at radius 2 is 2.00 bits per heavy atom. The van der Waals surface area contributed by atoms with Gasteiger partial charge in [0.15, 0.2) is 0 Å². The Morgan fingerprint density at radius 1 is 1.15 bits per heavy atom. The van der Waals surface area contributed by atoms with Gasteiger partial charge in [-0.2, -0.15) is 0 Å². The lowest BCUT2D eigenvalue weighted by atomic mass is 10.2. The van der Waals surface area contributed by atoms with Crippen LogP contribution in [0.2, 0.25) is 5.02 Å². The van der Waals surface area contributed by atoms with Gasteiger partial charge in [-0.05, 0) is 36.8 Å². The predicted octanol–water partition coefficient (Wildman–Crippen LogP) is 5.15. The van der Waals surface area contributed by atoms with E-state index in [1.54, 1.807) is 18.3 Å². The van der Waals surface area contributed by atoms with E-state index in [1.807, 2.05) is 29.0 Å². The van der Waals surface area contributed by atoms with Gasteiger partial charge < -0.3 is 9.13 Å². The fourth-order valence-electron chi connectivity index (χ4n) is 3.20. The summed E-state index contributed by atoms with van der Waals surface area (Å²) in [6, 6.07) is 12.8. The molecule has 6 heteroatoms. The van der Waals surface area contributed by atoms with Crippen molar-refractivity contribution in [2.45, 2.75) is 26.4 Å². The molecule has 0 aliphatic carbocycles. The Labute approximate surface area is 155 Å². The first kappa shape index (κ1) is 16.8. The number of fused-ring (bicyclic) bond motifs is 1. The highest BCUT2D eigenvalue weighted by Gasteiger charge is 2.14. The molecule has 0 radical (unpaired) electrons. The van der Waals surface area contributed by atoms with E-state index in [-0.39, 0.29) is 5.02 Å². The summed E-state index contributed by atoms with van der Waals surface area (Å²) in [5.41, 5.74) is 2.90. The molecule has 132 valence electrons. The molecule has 0 aliphatic heterocycles. The number of para-hydroxylation sites is 2. The second kappa shape index (κ2) is 6.92. The summed E-state index contributed by atoms with van der Waals surface area (Å²) in [6.07, 6.45) is 4.67. The second-order valence-electron chi connectivity index (χ2n) is 6.18. The molecule has 4 nitrogen and oxygen atoms in total. The van der Waals surface area contributed by atoms with Crippen LogP contribution in [0.4, 0.5) is 4.39 Å². The molecule has 2 aromatic carbocycles. The van der Waals surface area contributed by atoms with E-state index in [4.69, 9.17) is 16.6 Å². The average Bonchev–Trinajstić information content (AvgIpc) is 3.23. The number of imidazole rings is 2. The van der Waals surface area contributed by atoms with Crippen LogP contribution in [0.1, 0.15) is 19.2 Å². The molecule has 0 aliphatic rings. The maximum absolute atomic E-state index is 13.5. The molecule has 0 saturated heterocycles. The minimum absolute atomic E-state index is 0.0928. The van der Waals surface area contributed by atoms with Gasteiger partial charge >= 0.3 is 0 Å². The lowest BCUT2D eigenvalue weighted by Gasteiger charge is -2.11. The van der Waals surface area contributed by atoms with Gasteiger partial charge in [-0.3, -0.25) is 0 Å². The SMILES string of the molecule is CCCn1c(Cn2ccnc2-c2ccc(F)c(Cl)c2)nc2ccccc21. The minimum Gasteiger partial charge on any atom is -0.326 e. The van der Waals surface area contributed by atoms with Crippen LogP contribution in [0.15, 0.2) is 54.9 Å². The first-order chi connectivity index (χ1) is 12.7. The summed E-state index contributed by atoms with van der Waals surface area (Å²) < 4.78 is 17.7. The Kier molecular flexibility index (Phi) is 4.47. The number of benzene rings is 2. The third-order valence-corrected chi connectivity index (χ3v) is 4.68. The molecule has 0 fully saturated rings. The highest BCUT2D eigenvalue weighted by molar-refractivity contribution is 6.31. The fourth-order valence-corrected chi connectivity index (χ4v) is 3.38. The van der Waals surface area contributed by atoms with E-state index in [0.717, 1.165) is 41.2 Å². The molecule has 0 atom stereocenters. The van der Waals surface area contributed by atoms with Crippen LogP contribution in [-0.4, -0.2) is 19.1 Å². The van der Waals surface area contributed by atoms with Gasteiger partial charge in [0, 0.05) is 24.5 Å². The monoisotopic (exact) mass is 368 g/mol. The number of nitrogens with zero attached hydrogens (tertiary/aromatic N) is 4. The van der Waals surface area contributed by atoms with Crippen LogP contribution in [-0.2, 0) is 13.1 Å². The number of rotatable bonds is 5. The molecule has 2 aromatic heterocycles. The van der Waals surface area contributed by atoms with Crippen molar-refractivity contribution >= 4 is 22.6 Å². The molecule has 4 rings (SSSR count). The summed E-state index contributed by atoms with van der Waals surface area (Å²) in [6.45, 7) is 3.64. The highest BCUT2D eigenvalue weighted by Crippen LogP contribution is 2.25. The van der Waals surface area contributed by atoms with Gasteiger partial charge in [0.2, 0.25) is 0 Å².